The molecule has 0 aromatic carbocycles. The molecule has 3 heterocycles. The molecule has 0 aliphatic carbocycles. The highest BCUT2D eigenvalue weighted by molar-refractivity contribution is 5.04. The molecule has 18 heavy (non-hydrogen) atoms. The smallest absolute Gasteiger partial charge is 0.224 e. The Labute approximate surface area is 106 Å². The third-order valence-corrected chi connectivity index (χ3v) is 3.51. The zero-order valence-corrected chi connectivity index (χ0v) is 11.1. The van der Waals surface area contributed by atoms with Crippen LogP contribution in [-0.2, 0) is 23.7 Å². The minimum Gasteiger partial charge on any atom is -0.391 e. The van der Waals surface area contributed by atoms with E-state index in [2.05, 4.69) is 0 Å². The molecule has 4 atom stereocenters. The molecule has 6 heteroatoms. The number of fused-ring (bicyclic) bond motifs is 3. The summed E-state index contributed by atoms with van der Waals surface area (Å²) in [6.45, 7) is 7.43. The molecule has 3 fully saturated rings. The maximum absolute atomic E-state index is 9.61. The van der Waals surface area contributed by atoms with Crippen molar-refractivity contribution in [1.29, 1.82) is 0 Å². The summed E-state index contributed by atoms with van der Waals surface area (Å²) in [5.74, 6) is -2.60. The Morgan fingerprint density at radius 2 is 1.78 bits per heavy atom. The van der Waals surface area contributed by atoms with Crippen molar-refractivity contribution < 1.29 is 28.8 Å². The highest BCUT2D eigenvalue weighted by atomic mass is 16.9. The summed E-state index contributed by atoms with van der Waals surface area (Å²) in [7, 11) is 0. The summed E-state index contributed by atoms with van der Waals surface area (Å²) in [6.07, 6.45) is -1.00. The van der Waals surface area contributed by atoms with Crippen LogP contribution in [0.4, 0.5) is 0 Å². The topological polar surface area (TPSA) is 66.4 Å². The van der Waals surface area contributed by atoms with Crippen LogP contribution in [0.25, 0.3) is 0 Å². The summed E-state index contributed by atoms with van der Waals surface area (Å²) < 4.78 is 28.8. The van der Waals surface area contributed by atoms with E-state index in [1.807, 2.05) is 13.8 Å². The van der Waals surface area contributed by atoms with Crippen LogP contribution in [0.2, 0.25) is 0 Å². The van der Waals surface area contributed by atoms with Crippen molar-refractivity contribution in [2.24, 2.45) is 0 Å². The second-order valence-corrected chi connectivity index (χ2v) is 5.96. The van der Waals surface area contributed by atoms with Crippen molar-refractivity contribution in [2.45, 2.75) is 63.4 Å². The molecule has 0 unspecified atom stereocenters. The molecule has 0 aromatic heterocycles. The van der Waals surface area contributed by atoms with Gasteiger partial charge in [-0.05, 0) is 27.7 Å². The van der Waals surface area contributed by atoms with Gasteiger partial charge in [-0.25, -0.2) is 0 Å². The maximum atomic E-state index is 9.61. The lowest BCUT2D eigenvalue weighted by atomic mass is 10.0. The summed E-state index contributed by atoms with van der Waals surface area (Å²) in [6, 6.07) is 0. The molecule has 0 amide bonds. The van der Waals surface area contributed by atoms with Gasteiger partial charge in [0, 0.05) is 0 Å². The number of hydrogen-bond donors (Lipinski definition) is 1. The van der Waals surface area contributed by atoms with Crippen LogP contribution in [0.1, 0.15) is 27.7 Å². The minimum absolute atomic E-state index is 0.266. The molecule has 3 aliphatic heterocycles. The van der Waals surface area contributed by atoms with Gasteiger partial charge in [-0.1, -0.05) is 0 Å². The van der Waals surface area contributed by atoms with Crippen molar-refractivity contribution in [2.75, 3.05) is 13.2 Å². The van der Waals surface area contributed by atoms with Gasteiger partial charge in [-0.15, -0.1) is 0 Å². The molecule has 6 nitrogen and oxygen atoms in total. The molecule has 0 bridgehead atoms. The van der Waals surface area contributed by atoms with E-state index in [0.29, 0.717) is 6.61 Å². The van der Waals surface area contributed by atoms with Crippen molar-refractivity contribution >= 4 is 0 Å². The number of hydrogen-bond acceptors (Lipinski definition) is 6. The van der Waals surface area contributed by atoms with Gasteiger partial charge in [0.2, 0.25) is 5.79 Å². The predicted molar refractivity (Wildman–Crippen MR) is 59.6 cm³/mol. The van der Waals surface area contributed by atoms with E-state index < -0.39 is 23.5 Å². The zero-order chi connectivity index (χ0) is 13.2. The van der Waals surface area contributed by atoms with E-state index in [4.69, 9.17) is 23.7 Å². The fourth-order valence-electron chi connectivity index (χ4n) is 2.89. The Kier molecular flexibility index (Phi) is 2.59. The Morgan fingerprint density at radius 1 is 1.06 bits per heavy atom. The fourth-order valence-corrected chi connectivity index (χ4v) is 2.89. The standard InChI is InChI=1S/C12H20O6/c1-10(2)14-5-7-8(16-10)9-12(6-13,15-7)18-11(3,4)17-9/h7-9,13H,5-6H2,1-4H3/t7-,8+,9-,12+/m1/s1. The van der Waals surface area contributed by atoms with Gasteiger partial charge < -0.3 is 28.8 Å². The van der Waals surface area contributed by atoms with E-state index in [0.717, 1.165) is 0 Å². The van der Waals surface area contributed by atoms with Crippen LogP contribution >= 0.6 is 0 Å². The van der Waals surface area contributed by atoms with E-state index >= 15 is 0 Å². The average Bonchev–Trinajstić information content (AvgIpc) is 2.66. The van der Waals surface area contributed by atoms with Gasteiger partial charge in [0.05, 0.1) is 6.61 Å². The fraction of sp³-hybridized carbons (Fsp3) is 1.00. The molecule has 0 spiro atoms. The number of aliphatic hydroxyl groups is 1. The first-order valence-electron chi connectivity index (χ1n) is 6.25. The normalized spacial score (nSPS) is 48.8. The number of rotatable bonds is 1. The lowest BCUT2D eigenvalue weighted by Gasteiger charge is -2.38. The lowest BCUT2D eigenvalue weighted by Crippen LogP contribution is -2.51. The molecule has 1 N–H and O–H groups in total. The van der Waals surface area contributed by atoms with Crippen molar-refractivity contribution in [3.63, 3.8) is 0 Å². The van der Waals surface area contributed by atoms with Crippen LogP contribution in [0.3, 0.4) is 0 Å². The Morgan fingerprint density at radius 3 is 2.44 bits per heavy atom. The molecular formula is C12H20O6. The van der Waals surface area contributed by atoms with Gasteiger partial charge in [-0.2, -0.15) is 0 Å². The summed E-state index contributed by atoms with van der Waals surface area (Å²) in [4.78, 5) is 0. The van der Waals surface area contributed by atoms with Crippen LogP contribution < -0.4 is 0 Å². The second-order valence-electron chi connectivity index (χ2n) is 5.96. The molecule has 0 radical (unpaired) electrons. The number of aliphatic hydroxyl groups excluding tert-OH is 1. The van der Waals surface area contributed by atoms with Gasteiger partial charge >= 0.3 is 0 Å². The summed E-state index contributed by atoms with van der Waals surface area (Å²) >= 11 is 0. The first kappa shape index (κ1) is 12.8. The minimum atomic E-state index is -1.14. The van der Waals surface area contributed by atoms with Gasteiger partial charge in [0.15, 0.2) is 11.6 Å². The Hall–Kier alpha value is -0.240. The molecule has 3 saturated heterocycles. The third kappa shape index (κ3) is 1.79. The van der Waals surface area contributed by atoms with Crippen LogP contribution in [0.5, 0.6) is 0 Å². The monoisotopic (exact) mass is 260 g/mol. The summed E-state index contributed by atoms with van der Waals surface area (Å²) in [5, 5.41) is 9.61. The van der Waals surface area contributed by atoms with E-state index in [1.165, 1.54) is 0 Å². The molecule has 0 aromatic rings. The van der Waals surface area contributed by atoms with Crippen molar-refractivity contribution in [1.82, 2.24) is 0 Å². The molecule has 0 saturated carbocycles. The maximum Gasteiger partial charge on any atom is 0.224 e. The van der Waals surface area contributed by atoms with E-state index in [9.17, 15) is 5.11 Å². The molecule has 3 rings (SSSR count). The van der Waals surface area contributed by atoms with Gasteiger partial charge in [0.25, 0.3) is 0 Å². The molecule has 3 aliphatic rings. The number of ether oxygens (including phenoxy) is 5. The summed E-state index contributed by atoms with van der Waals surface area (Å²) in [5.41, 5.74) is 0. The second kappa shape index (κ2) is 3.65. The van der Waals surface area contributed by atoms with Gasteiger partial charge in [0.1, 0.15) is 24.9 Å². The SMILES string of the molecule is CC1(C)OC[C@H]2O[C@@]3(CO)OC(C)(C)O[C@@H]3[C@H]2O1. The highest BCUT2D eigenvalue weighted by Crippen LogP contribution is 2.48. The lowest BCUT2D eigenvalue weighted by molar-refractivity contribution is -0.330. The predicted octanol–water partition coefficient (Wildman–Crippen LogP) is 0.377. The van der Waals surface area contributed by atoms with Crippen molar-refractivity contribution in [3.05, 3.63) is 0 Å². The third-order valence-electron chi connectivity index (χ3n) is 3.51. The van der Waals surface area contributed by atoms with Gasteiger partial charge in [-0.3, -0.25) is 0 Å². The highest BCUT2D eigenvalue weighted by Gasteiger charge is 2.67. The Bertz CT molecular complexity index is 354. The van der Waals surface area contributed by atoms with Crippen LogP contribution in [0, 0.1) is 0 Å². The zero-order valence-electron chi connectivity index (χ0n) is 11.1. The van der Waals surface area contributed by atoms with E-state index in [-0.39, 0.29) is 18.8 Å². The van der Waals surface area contributed by atoms with E-state index in [1.54, 1.807) is 13.8 Å². The first-order valence-corrected chi connectivity index (χ1v) is 6.25. The quantitative estimate of drug-likeness (QED) is 0.735. The molecular weight excluding hydrogens is 240 g/mol. The average molecular weight is 260 g/mol. The van der Waals surface area contributed by atoms with Crippen molar-refractivity contribution in [3.8, 4) is 0 Å². The Balaban J connectivity index is 1.88. The van der Waals surface area contributed by atoms with Crippen LogP contribution in [-0.4, -0.2) is 54.0 Å². The largest absolute Gasteiger partial charge is 0.391 e. The molecule has 104 valence electrons. The van der Waals surface area contributed by atoms with Crippen LogP contribution in [0.15, 0.2) is 0 Å². The first-order chi connectivity index (χ1) is 8.27.